The number of benzene rings is 1. The molecule has 0 amide bonds. The molecule has 0 aliphatic heterocycles. The highest BCUT2D eigenvalue weighted by Gasteiger charge is 2.06. The molecule has 6 heteroatoms. The fourth-order valence-corrected chi connectivity index (χ4v) is 2.45. The van der Waals surface area contributed by atoms with Gasteiger partial charge in [0.1, 0.15) is 10.8 Å². The monoisotopic (exact) mass is 295 g/mol. The Morgan fingerprint density at radius 1 is 1.26 bits per heavy atom. The van der Waals surface area contributed by atoms with Gasteiger partial charge in [0, 0.05) is 10.9 Å². The molecule has 4 nitrogen and oxygen atoms in total. The molecule has 0 aliphatic carbocycles. The van der Waals surface area contributed by atoms with Crippen molar-refractivity contribution in [3.8, 4) is 10.9 Å². The van der Waals surface area contributed by atoms with Crippen LogP contribution in [0.25, 0.3) is 0 Å². The molecule has 2 rings (SSSR count). The minimum atomic E-state index is 0.437. The molecule has 0 saturated heterocycles. The minimum Gasteiger partial charge on any atom is -0.430 e. The summed E-state index contributed by atoms with van der Waals surface area (Å²) in [4.78, 5) is 1.21. The highest BCUT2D eigenvalue weighted by molar-refractivity contribution is 7.98. The number of hydrogen-bond acceptors (Lipinski definition) is 6. The van der Waals surface area contributed by atoms with Gasteiger partial charge in [-0.25, -0.2) is 0 Å². The van der Waals surface area contributed by atoms with Crippen LogP contribution in [0.4, 0.5) is 0 Å². The standard InChI is InChI=1S/C13H17N3OS2/c1-9(2)14-8-12-15-16-13(19-12)17-10-4-6-11(18-3)7-5-10/h4-7,9,14H,8H2,1-3H3. The second kappa shape index (κ2) is 6.88. The third-order valence-corrected chi connectivity index (χ3v) is 3.92. The van der Waals surface area contributed by atoms with E-state index in [-0.39, 0.29) is 0 Å². The number of rotatable bonds is 6. The van der Waals surface area contributed by atoms with E-state index in [0.29, 0.717) is 11.2 Å². The zero-order chi connectivity index (χ0) is 13.7. The summed E-state index contributed by atoms with van der Waals surface area (Å²) in [6.45, 7) is 4.93. The first-order valence-corrected chi connectivity index (χ1v) is 8.09. The normalized spacial score (nSPS) is 10.9. The van der Waals surface area contributed by atoms with Crippen molar-refractivity contribution < 1.29 is 4.74 Å². The molecule has 1 aromatic heterocycles. The molecule has 0 unspecified atom stereocenters. The van der Waals surface area contributed by atoms with Crippen LogP contribution < -0.4 is 10.1 Å². The van der Waals surface area contributed by atoms with Crippen molar-refractivity contribution in [1.29, 1.82) is 0 Å². The van der Waals surface area contributed by atoms with Gasteiger partial charge in [0.25, 0.3) is 5.19 Å². The number of ether oxygens (including phenoxy) is 1. The van der Waals surface area contributed by atoms with E-state index in [4.69, 9.17) is 4.74 Å². The average molecular weight is 295 g/mol. The van der Waals surface area contributed by atoms with Crippen molar-refractivity contribution in [3.63, 3.8) is 0 Å². The van der Waals surface area contributed by atoms with Gasteiger partial charge in [0.2, 0.25) is 0 Å². The molecule has 1 N–H and O–H groups in total. The zero-order valence-electron chi connectivity index (χ0n) is 11.2. The predicted octanol–water partition coefficient (Wildman–Crippen LogP) is 3.55. The highest BCUT2D eigenvalue weighted by Crippen LogP contribution is 2.26. The number of nitrogens with one attached hydrogen (secondary N) is 1. The fourth-order valence-electron chi connectivity index (χ4n) is 1.39. The maximum absolute atomic E-state index is 5.67. The van der Waals surface area contributed by atoms with Gasteiger partial charge in [-0.15, -0.1) is 16.9 Å². The molecule has 0 radical (unpaired) electrons. The Balaban J connectivity index is 1.95. The average Bonchev–Trinajstić information content (AvgIpc) is 2.85. The van der Waals surface area contributed by atoms with Crippen LogP contribution in [-0.2, 0) is 6.54 Å². The fraction of sp³-hybridized carbons (Fsp3) is 0.385. The Labute approximate surface area is 121 Å². The van der Waals surface area contributed by atoms with Crippen molar-refractivity contribution in [1.82, 2.24) is 15.5 Å². The van der Waals surface area contributed by atoms with Crippen molar-refractivity contribution in [2.45, 2.75) is 31.3 Å². The van der Waals surface area contributed by atoms with E-state index in [2.05, 4.69) is 35.6 Å². The maximum Gasteiger partial charge on any atom is 0.299 e. The summed E-state index contributed by atoms with van der Waals surface area (Å²) < 4.78 is 5.67. The topological polar surface area (TPSA) is 47.0 Å². The lowest BCUT2D eigenvalue weighted by Gasteiger charge is -2.03. The van der Waals surface area contributed by atoms with Crippen LogP contribution in [0.3, 0.4) is 0 Å². The molecule has 0 aliphatic rings. The van der Waals surface area contributed by atoms with Crippen LogP contribution >= 0.6 is 23.1 Å². The van der Waals surface area contributed by atoms with Crippen molar-refractivity contribution in [3.05, 3.63) is 29.3 Å². The lowest BCUT2D eigenvalue weighted by molar-refractivity contribution is 0.472. The molecule has 0 bridgehead atoms. The summed E-state index contributed by atoms with van der Waals surface area (Å²) in [5, 5.41) is 12.9. The summed E-state index contributed by atoms with van der Waals surface area (Å²) in [5.41, 5.74) is 0. The van der Waals surface area contributed by atoms with Crippen LogP contribution in [0.5, 0.6) is 10.9 Å². The van der Waals surface area contributed by atoms with E-state index < -0.39 is 0 Å². The smallest absolute Gasteiger partial charge is 0.299 e. The largest absolute Gasteiger partial charge is 0.430 e. The van der Waals surface area contributed by atoms with Gasteiger partial charge in [0.05, 0.1) is 6.54 Å². The summed E-state index contributed by atoms with van der Waals surface area (Å²) in [7, 11) is 0. The van der Waals surface area contributed by atoms with Crippen molar-refractivity contribution >= 4 is 23.1 Å². The van der Waals surface area contributed by atoms with Gasteiger partial charge in [-0.1, -0.05) is 30.3 Å². The molecule has 2 aromatic rings. The van der Waals surface area contributed by atoms with Crippen molar-refractivity contribution in [2.75, 3.05) is 6.26 Å². The van der Waals surface area contributed by atoms with Gasteiger partial charge in [-0.05, 0) is 30.5 Å². The van der Waals surface area contributed by atoms with Crippen molar-refractivity contribution in [2.24, 2.45) is 0 Å². The molecule has 0 fully saturated rings. The van der Waals surface area contributed by atoms with E-state index in [1.807, 2.05) is 24.3 Å². The Bertz CT molecular complexity index is 511. The van der Waals surface area contributed by atoms with Crippen LogP contribution in [0.1, 0.15) is 18.9 Å². The van der Waals surface area contributed by atoms with Gasteiger partial charge in [-0.3, -0.25) is 0 Å². The van der Waals surface area contributed by atoms with Gasteiger partial charge >= 0.3 is 0 Å². The number of hydrogen-bond donors (Lipinski definition) is 1. The number of aromatic nitrogens is 2. The first-order valence-electron chi connectivity index (χ1n) is 6.05. The lowest BCUT2D eigenvalue weighted by atomic mass is 10.3. The van der Waals surface area contributed by atoms with E-state index >= 15 is 0 Å². The Morgan fingerprint density at radius 2 is 2.00 bits per heavy atom. The van der Waals surface area contributed by atoms with Crippen LogP contribution in [-0.4, -0.2) is 22.5 Å². The van der Waals surface area contributed by atoms with E-state index in [0.717, 1.165) is 17.3 Å². The Kier molecular flexibility index (Phi) is 5.18. The first-order chi connectivity index (χ1) is 9.17. The third kappa shape index (κ3) is 4.49. The predicted molar refractivity (Wildman–Crippen MR) is 80.2 cm³/mol. The molecular formula is C13H17N3OS2. The lowest BCUT2D eigenvalue weighted by Crippen LogP contribution is -2.21. The zero-order valence-corrected chi connectivity index (χ0v) is 12.8. The minimum absolute atomic E-state index is 0.437. The van der Waals surface area contributed by atoms with E-state index in [9.17, 15) is 0 Å². The van der Waals surface area contributed by atoms with Crippen LogP contribution in [0.15, 0.2) is 29.2 Å². The third-order valence-electron chi connectivity index (χ3n) is 2.37. The summed E-state index contributed by atoms with van der Waals surface area (Å²) in [6.07, 6.45) is 2.05. The summed E-state index contributed by atoms with van der Waals surface area (Å²) in [5.74, 6) is 0.789. The molecule has 0 saturated carbocycles. The summed E-state index contributed by atoms with van der Waals surface area (Å²) in [6, 6.07) is 8.38. The van der Waals surface area contributed by atoms with Gasteiger partial charge in [0.15, 0.2) is 0 Å². The quantitative estimate of drug-likeness (QED) is 0.826. The second-order valence-electron chi connectivity index (χ2n) is 4.27. The molecule has 1 heterocycles. The SMILES string of the molecule is CSc1ccc(Oc2nnc(CNC(C)C)s2)cc1. The summed E-state index contributed by atoms with van der Waals surface area (Å²) >= 11 is 3.18. The number of thioether (sulfide) groups is 1. The van der Waals surface area contributed by atoms with Crippen LogP contribution in [0.2, 0.25) is 0 Å². The van der Waals surface area contributed by atoms with E-state index in [1.54, 1.807) is 11.8 Å². The Hall–Kier alpha value is -1.11. The number of nitrogens with zero attached hydrogens (tertiary/aromatic N) is 2. The maximum atomic E-state index is 5.67. The molecule has 0 spiro atoms. The molecule has 1 aromatic carbocycles. The highest BCUT2D eigenvalue weighted by atomic mass is 32.2. The van der Waals surface area contributed by atoms with E-state index in [1.165, 1.54) is 16.2 Å². The van der Waals surface area contributed by atoms with Crippen LogP contribution in [0, 0.1) is 0 Å². The first kappa shape index (κ1) is 14.3. The molecule has 0 atom stereocenters. The van der Waals surface area contributed by atoms with Gasteiger partial charge in [-0.2, -0.15) is 0 Å². The molecule has 19 heavy (non-hydrogen) atoms. The second-order valence-corrected chi connectivity index (χ2v) is 6.18. The molecule has 102 valence electrons. The van der Waals surface area contributed by atoms with Gasteiger partial charge < -0.3 is 10.1 Å². The Morgan fingerprint density at radius 3 is 2.63 bits per heavy atom. The molecular weight excluding hydrogens is 278 g/mol.